The van der Waals surface area contributed by atoms with E-state index in [1.165, 1.54) is 0 Å². The van der Waals surface area contributed by atoms with Crippen LogP contribution in [0.3, 0.4) is 0 Å². The highest BCUT2D eigenvalue weighted by molar-refractivity contribution is 5.88. The van der Waals surface area contributed by atoms with Crippen LogP contribution in [0.2, 0.25) is 0 Å². The second-order valence-electron chi connectivity index (χ2n) is 8.76. The van der Waals surface area contributed by atoms with Crippen LogP contribution in [-0.2, 0) is 24.7 Å². The highest BCUT2D eigenvalue weighted by atomic mass is 19.4. The maximum atomic E-state index is 15.2. The molecule has 0 bridgehead atoms. The maximum Gasteiger partial charge on any atom is 0.416 e. The van der Waals surface area contributed by atoms with E-state index in [0.717, 1.165) is 43.3 Å². The van der Waals surface area contributed by atoms with Gasteiger partial charge in [0, 0.05) is 48.0 Å². The van der Waals surface area contributed by atoms with Crippen molar-refractivity contribution in [2.75, 3.05) is 13.1 Å². The van der Waals surface area contributed by atoms with Crippen molar-refractivity contribution in [2.24, 2.45) is 0 Å². The molecule has 0 aliphatic carbocycles. The van der Waals surface area contributed by atoms with Gasteiger partial charge in [0.15, 0.2) is 0 Å². The normalized spacial score (nSPS) is 21.2. The number of halogens is 4. The Kier molecular flexibility index (Phi) is 4.64. The van der Waals surface area contributed by atoms with Gasteiger partial charge in [0.2, 0.25) is 0 Å². The van der Waals surface area contributed by atoms with Crippen LogP contribution in [0.15, 0.2) is 36.7 Å². The molecule has 0 saturated carbocycles. The van der Waals surface area contributed by atoms with E-state index in [1.807, 2.05) is 0 Å². The lowest BCUT2D eigenvalue weighted by Gasteiger charge is -2.32. The number of pyridine rings is 1. The van der Waals surface area contributed by atoms with Crippen molar-refractivity contribution in [1.82, 2.24) is 14.5 Å². The van der Waals surface area contributed by atoms with Crippen LogP contribution in [-0.4, -0.2) is 32.6 Å². The molecule has 2 unspecified atom stereocenters. The molecule has 5 rings (SSSR count). The quantitative estimate of drug-likeness (QED) is 0.604. The summed E-state index contributed by atoms with van der Waals surface area (Å²) in [6.07, 6.45) is 0.919. The second kappa shape index (κ2) is 7.03. The lowest BCUT2D eigenvalue weighted by atomic mass is 9.94. The van der Waals surface area contributed by atoms with E-state index in [-0.39, 0.29) is 18.1 Å². The number of benzene rings is 1. The molecule has 2 atom stereocenters. The lowest BCUT2D eigenvalue weighted by molar-refractivity contribution is -0.137. The van der Waals surface area contributed by atoms with Gasteiger partial charge in [-0.1, -0.05) is 6.07 Å². The Bertz CT molecular complexity index is 1140. The molecule has 8 heteroatoms. The molecule has 2 aliphatic heterocycles. The van der Waals surface area contributed by atoms with Gasteiger partial charge >= 0.3 is 6.18 Å². The van der Waals surface area contributed by atoms with Crippen molar-refractivity contribution in [2.45, 2.75) is 50.6 Å². The fraction of sp³-hybridized carbons (Fsp3) is 0.435. The predicted octanol–water partition coefficient (Wildman–Crippen LogP) is 4.79. The molecule has 0 spiro atoms. The minimum Gasteiger partial charge on any atom is -0.384 e. The monoisotopic (exact) mass is 433 g/mol. The third-order valence-electron chi connectivity index (χ3n) is 6.67. The van der Waals surface area contributed by atoms with Gasteiger partial charge in [0.05, 0.1) is 17.6 Å². The van der Waals surface area contributed by atoms with Crippen molar-refractivity contribution in [3.63, 3.8) is 0 Å². The molecule has 2 aliphatic rings. The molecule has 1 N–H and O–H groups in total. The van der Waals surface area contributed by atoms with Crippen LogP contribution in [0.25, 0.3) is 10.9 Å². The lowest BCUT2D eigenvalue weighted by Crippen LogP contribution is -2.33. The molecule has 4 nitrogen and oxygen atoms in total. The molecular formula is C23H23F4N3O. The molecule has 1 aromatic carbocycles. The van der Waals surface area contributed by atoms with E-state index in [9.17, 15) is 18.3 Å². The van der Waals surface area contributed by atoms with Gasteiger partial charge in [-0.25, -0.2) is 4.39 Å². The van der Waals surface area contributed by atoms with Crippen LogP contribution >= 0.6 is 0 Å². The molecule has 1 fully saturated rings. The minimum atomic E-state index is -4.63. The Hall–Kier alpha value is -2.45. The first-order valence-electron chi connectivity index (χ1n) is 10.5. The van der Waals surface area contributed by atoms with Gasteiger partial charge in [-0.15, -0.1) is 0 Å². The van der Waals surface area contributed by atoms with Crippen molar-refractivity contribution in [3.05, 3.63) is 64.9 Å². The topological polar surface area (TPSA) is 41.3 Å². The van der Waals surface area contributed by atoms with Gasteiger partial charge in [0.1, 0.15) is 11.4 Å². The smallest absolute Gasteiger partial charge is 0.384 e. The van der Waals surface area contributed by atoms with E-state index >= 15 is 4.39 Å². The molecule has 2 aromatic heterocycles. The summed E-state index contributed by atoms with van der Waals surface area (Å²) < 4.78 is 57.3. The summed E-state index contributed by atoms with van der Waals surface area (Å²) in [7, 11) is 0. The second-order valence-corrected chi connectivity index (χ2v) is 8.76. The summed E-state index contributed by atoms with van der Waals surface area (Å²) in [5, 5.41) is 11.5. The first kappa shape index (κ1) is 20.5. The minimum absolute atomic E-state index is 0.0151. The highest BCUT2D eigenvalue weighted by Crippen LogP contribution is 2.45. The summed E-state index contributed by atoms with van der Waals surface area (Å²) >= 11 is 0. The summed E-state index contributed by atoms with van der Waals surface area (Å²) in [5.41, 5.74) is -0.0411. The number of aromatic nitrogens is 2. The Labute approximate surface area is 177 Å². The van der Waals surface area contributed by atoms with E-state index in [0.29, 0.717) is 23.4 Å². The Morgan fingerprint density at radius 3 is 2.71 bits per heavy atom. The van der Waals surface area contributed by atoms with Crippen molar-refractivity contribution < 1.29 is 22.7 Å². The summed E-state index contributed by atoms with van der Waals surface area (Å²) in [4.78, 5) is 6.32. The van der Waals surface area contributed by atoms with Gasteiger partial charge in [-0.3, -0.25) is 9.88 Å². The zero-order valence-corrected chi connectivity index (χ0v) is 17.1. The van der Waals surface area contributed by atoms with Crippen molar-refractivity contribution in [3.8, 4) is 0 Å². The molecular weight excluding hydrogens is 410 g/mol. The fourth-order valence-corrected chi connectivity index (χ4v) is 5.24. The van der Waals surface area contributed by atoms with Crippen LogP contribution in [0.5, 0.6) is 0 Å². The third kappa shape index (κ3) is 3.32. The maximum absolute atomic E-state index is 15.2. The van der Waals surface area contributed by atoms with E-state index in [2.05, 4.69) is 9.88 Å². The van der Waals surface area contributed by atoms with Gasteiger partial charge in [-0.05, 0) is 50.1 Å². The average Bonchev–Trinajstić information content (AvgIpc) is 3.31. The van der Waals surface area contributed by atoms with E-state index in [1.54, 1.807) is 36.0 Å². The zero-order valence-electron chi connectivity index (χ0n) is 17.1. The van der Waals surface area contributed by atoms with E-state index in [4.69, 9.17) is 0 Å². The summed E-state index contributed by atoms with van der Waals surface area (Å²) in [6.45, 7) is 3.32. The zero-order chi connectivity index (χ0) is 22.0. The molecule has 0 radical (unpaired) electrons. The molecule has 3 aromatic rings. The van der Waals surface area contributed by atoms with Crippen molar-refractivity contribution >= 4 is 10.9 Å². The number of fused-ring (bicyclic) bond motifs is 5. The highest BCUT2D eigenvalue weighted by Gasteiger charge is 2.39. The van der Waals surface area contributed by atoms with Crippen molar-refractivity contribution in [1.29, 1.82) is 0 Å². The average molecular weight is 433 g/mol. The number of rotatable bonds is 3. The van der Waals surface area contributed by atoms with Crippen LogP contribution < -0.4 is 0 Å². The van der Waals surface area contributed by atoms with Gasteiger partial charge < -0.3 is 9.67 Å². The largest absolute Gasteiger partial charge is 0.416 e. The SMILES string of the molecule is CC(O)(Cn1c2c(c3cc(C(F)(F)F)cc(F)c31)C1CCCN1CC2)c1cccnc1. The standard InChI is InChI=1S/C23H23F4N3O/c1-22(31,14-4-2-7-28-12-14)13-30-19-6-9-29-8-3-5-18(29)20(19)16-10-15(23(25,26)27)11-17(24)21(16)30/h2,4,7,10-12,18,31H,3,5-6,8-9,13H2,1H3. The Morgan fingerprint density at radius 2 is 2.00 bits per heavy atom. The summed E-state index contributed by atoms with van der Waals surface area (Å²) in [6, 6.07) is 5.07. The number of nitrogens with zero attached hydrogens (tertiary/aromatic N) is 3. The van der Waals surface area contributed by atoms with E-state index < -0.39 is 23.2 Å². The number of alkyl halides is 3. The molecule has 4 heterocycles. The first-order valence-corrected chi connectivity index (χ1v) is 10.5. The van der Waals surface area contributed by atoms with Gasteiger partial charge in [0.25, 0.3) is 0 Å². The predicted molar refractivity (Wildman–Crippen MR) is 108 cm³/mol. The Balaban J connectivity index is 1.73. The number of aliphatic hydroxyl groups is 1. The molecule has 164 valence electrons. The van der Waals surface area contributed by atoms with Crippen LogP contribution in [0, 0.1) is 5.82 Å². The Morgan fingerprint density at radius 1 is 1.19 bits per heavy atom. The van der Waals surface area contributed by atoms with Crippen LogP contribution in [0.1, 0.15) is 48.2 Å². The molecule has 1 saturated heterocycles. The van der Waals surface area contributed by atoms with Gasteiger partial charge in [-0.2, -0.15) is 13.2 Å². The third-order valence-corrected chi connectivity index (χ3v) is 6.67. The summed E-state index contributed by atoms with van der Waals surface area (Å²) in [5.74, 6) is -0.911. The molecule has 0 amide bonds. The molecule has 31 heavy (non-hydrogen) atoms. The van der Waals surface area contributed by atoms with Crippen LogP contribution in [0.4, 0.5) is 17.6 Å². The number of hydrogen-bond donors (Lipinski definition) is 1. The fourth-order valence-electron chi connectivity index (χ4n) is 5.24. The first-order chi connectivity index (χ1) is 14.7. The number of hydrogen-bond acceptors (Lipinski definition) is 3.